The summed E-state index contributed by atoms with van der Waals surface area (Å²) in [5.74, 6) is 3.07. The van der Waals surface area contributed by atoms with Crippen LogP contribution in [0.3, 0.4) is 0 Å². The minimum absolute atomic E-state index is 0.0411. The van der Waals surface area contributed by atoms with Gasteiger partial charge in [-0.1, -0.05) is 78.0 Å². The Balaban J connectivity index is 1.72. The van der Waals surface area contributed by atoms with Crippen molar-refractivity contribution in [2.24, 2.45) is 35.5 Å². The third kappa shape index (κ3) is 6.66. The van der Waals surface area contributed by atoms with E-state index in [1.165, 1.54) is 6.42 Å². The largest absolute Gasteiger partial charge is 0.413 e. The van der Waals surface area contributed by atoms with Crippen LogP contribution in [0, 0.1) is 35.5 Å². The molecule has 0 saturated heterocycles. The molecular formula is C31H48N2O2Si. The molecule has 0 unspecified atom stereocenters. The summed E-state index contributed by atoms with van der Waals surface area (Å²) in [6.45, 7) is 21.3. The molecule has 1 saturated carbocycles. The summed E-state index contributed by atoms with van der Waals surface area (Å²) in [6.07, 6.45) is 16.3. The third-order valence-corrected chi connectivity index (χ3v) is 13.5. The van der Waals surface area contributed by atoms with E-state index < -0.39 is 8.32 Å². The Morgan fingerprint density at radius 1 is 1.22 bits per heavy atom. The quantitative estimate of drug-likeness (QED) is 0.182. The van der Waals surface area contributed by atoms with Gasteiger partial charge in [-0.3, -0.25) is 9.78 Å². The van der Waals surface area contributed by atoms with Crippen LogP contribution in [0.1, 0.15) is 60.5 Å². The van der Waals surface area contributed by atoms with Crippen molar-refractivity contribution < 1.29 is 9.22 Å². The van der Waals surface area contributed by atoms with Crippen LogP contribution in [0.5, 0.6) is 0 Å². The number of rotatable bonds is 7. The van der Waals surface area contributed by atoms with Crippen molar-refractivity contribution in [2.75, 3.05) is 0 Å². The van der Waals surface area contributed by atoms with E-state index in [1.807, 2.05) is 25.1 Å². The van der Waals surface area contributed by atoms with Gasteiger partial charge < -0.3 is 9.74 Å². The molecular weight excluding hydrogens is 460 g/mol. The number of hydrogen-bond acceptors (Lipinski definition) is 3. The summed E-state index contributed by atoms with van der Waals surface area (Å²) in [6, 6.07) is 3.85. The highest BCUT2D eigenvalue weighted by molar-refractivity contribution is 6.74. The second kappa shape index (κ2) is 11.6. The number of fused-ring (bicyclic) bond motifs is 1. The van der Waals surface area contributed by atoms with Gasteiger partial charge in [0, 0.05) is 24.5 Å². The van der Waals surface area contributed by atoms with E-state index in [4.69, 9.17) is 4.43 Å². The maximum Gasteiger partial charge on any atom is 0.247 e. The molecule has 2 aliphatic rings. The topological polar surface area (TPSA) is 51.2 Å². The Bertz CT molecular complexity index is 976. The molecule has 4 nitrogen and oxygen atoms in total. The normalized spacial score (nSPS) is 31.4. The molecule has 0 aromatic carbocycles. The average Bonchev–Trinajstić information content (AvgIpc) is 2.81. The van der Waals surface area contributed by atoms with E-state index >= 15 is 0 Å². The summed E-state index contributed by atoms with van der Waals surface area (Å²) in [5, 5.41) is 3.20. The number of allylic oxidation sites excluding steroid dienone is 5. The Kier molecular flexibility index (Phi) is 9.21. The number of aromatic nitrogens is 1. The Labute approximate surface area is 220 Å². The molecule has 1 amide bonds. The van der Waals surface area contributed by atoms with Gasteiger partial charge in [-0.15, -0.1) is 0 Å². The van der Waals surface area contributed by atoms with E-state index in [0.29, 0.717) is 48.2 Å². The van der Waals surface area contributed by atoms with Crippen LogP contribution in [-0.2, 0) is 15.8 Å². The predicted molar refractivity (Wildman–Crippen MR) is 153 cm³/mol. The lowest BCUT2D eigenvalue weighted by molar-refractivity contribution is -0.117. The van der Waals surface area contributed by atoms with Crippen LogP contribution >= 0.6 is 0 Å². The van der Waals surface area contributed by atoms with E-state index in [0.717, 1.165) is 11.1 Å². The average molecular weight is 509 g/mol. The number of amides is 1. The van der Waals surface area contributed by atoms with Gasteiger partial charge in [-0.05, 0) is 78.6 Å². The maximum atomic E-state index is 12.6. The second-order valence-electron chi connectivity index (χ2n) is 12.8. The lowest BCUT2D eigenvalue weighted by atomic mass is 9.58. The molecule has 1 aromatic rings. The zero-order valence-electron chi connectivity index (χ0n) is 23.9. The number of carbonyl (C=O) groups is 1. The van der Waals surface area contributed by atoms with Gasteiger partial charge in [0.25, 0.3) is 0 Å². The number of nitrogens with zero attached hydrogens (tertiary/aromatic N) is 1. The summed E-state index contributed by atoms with van der Waals surface area (Å²) in [5.41, 5.74) is 1.72. The van der Waals surface area contributed by atoms with E-state index in [-0.39, 0.29) is 10.9 Å². The van der Waals surface area contributed by atoms with Crippen molar-refractivity contribution in [1.29, 1.82) is 0 Å². The number of carbonyl (C=O) groups excluding carboxylic acids is 1. The number of pyridine rings is 1. The molecule has 0 radical (unpaired) electrons. The van der Waals surface area contributed by atoms with Crippen LogP contribution in [0.4, 0.5) is 0 Å². The molecule has 5 heteroatoms. The Hall–Kier alpha value is -1.98. The molecule has 3 rings (SSSR count). The van der Waals surface area contributed by atoms with Gasteiger partial charge >= 0.3 is 0 Å². The highest BCUT2D eigenvalue weighted by Gasteiger charge is 2.49. The molecule has 0 aliphatic heterocycles. The van der Waals surface area contributed by atoms with Gasteiger partial charge in [-0.2, -0.15) is 0 Å². The summed E-state index contributed by atoms with van der Waals surface area (Å²) >= 11 is 0. The van der Waals surface area contributed by atoms with Crippen LogP contribution in [-0.4, -0.2) is 25.3 Å². The summed E-state index contributed by atoms with van der Waals surface area (Å²) in [7, 11) is -1.85. The molecule has 2 aliphatic carbocycles. The van der Waals surface area contributed by atoms with Crippen LogP contribution in [0.2, 0.25) is 18.1 Å². The first-order valence-electron chi connectivity index (χ1n) is 13.7. The van der Waals surface area contributed by atoms with Gasteiger partial charge in [0.2, 0.25) is 5.91 Å². The van der Waals surface area contributed by atoms with Crippen molar-refractivity contribution in [3.05, 3.63) is 66.0 Å². The number of hydrogen-bond donors (Lipinski definition) is 1. The van der Waals surface area contributed by atoms with Crippen molar-refractivity contribution in [2.45, 2.75) is 85.7 Å². The lowest BCUT2D eigenvalue weighted by Gasteiger charge is -2.52. The van der Waals surface area contributed by atoms with Crippen molar-refractivity contribution in [1.82, 2.24) is 10.3 Å². The fraction of sp³-hybridized carbons (Fsp3) is 0.613. The van der Waals surface area contributed by atoms with E-state index in [2.05, 4.69) is 89.2 Å². The van der Waals surface area contributed by atoms with Crippen LogP contribution in [0.15, 0.2) is 60.5 Å². The zero-order valence-corrected chi connectivity index (χ0v) is 24.9. The molecule has 0 bridgehead atoms. The minimum Gasteiger partial charge on any atom is -0.413 e. The molecule has 36 heavy (non-hydrogen) atoms. The fourth-order valence-corrected chi connectivity index (χ4v) is 7.24. The van der Waals surface area contributed by atoms with Gasteiger partial charge in [0.05, 0.1) is 6.10 Å². The molecule has 1 fully saturated rings. The molecule has 7 atom stereocenters. The molecule has 198 valence electrons. The second-order valence-corrected chi connectivity index (χ2v) is 17.5. The standard InChI is InChI=1S/C31H48N2O2Si/c1-21-15-16-26-18-23(3)29(35-36(8,9)31(5,6)7)24(4)28(26)27(21)14-10-12-22(2)30(34)33-20-25-13-11-17-32-19-25/h10-17,19,21,23-24,26-29H,18,20H2,1-9H3,(H,33,34)/b14-10+,22-12+/t21-,23+,24-,26-,27-,28-,29-/m0/s1. The monoisotopic (exact) mass is 508 g/mol. The van der Waals surface area contributed by atoms with E-state index in [1.54, 1.807) is 12.4 Å². The van der Waals surface area contributed by atoms with Gasteiger partial charge in [0.1, 0.15) is 0 Å². The molecule has 1 heterocycles. The minimum atomic E-state index is -1.85. The fourth-order valence-electron chi connectivity index (χ4n) is 5.76. The maximum absolute atomic E-state index is 12.6. The smallest absolute Gasteiger partial charge is 0.247 e. The Morgan fingerprint density at radius 2 is 1.94 bits per heavy atom. The van der Waals surface area contributed by atoms with Crippen molar-refractivity contribution >= 4 is 14.2 Å². The molecule has 0 spiro atoms. The highest BCUT2D eigenvalue weighted by atomic mass is 28.4. The lowest BCUT2D eigenvalue weighted by Crippen LogP contribution is -2.53. The van der Waals surface area contributed by atoms with Gasteiger partial charge in [0.15, 0.2) is 8.32 Å². The van der Waals surface area contributed by atoms with Gasteiger partial charge in [-0.25, -0.2) is 0 Å². The first kappa shape index (κ1) is 28.6. The first-order chi connectivity index (χ1) is 16.8. The highest BCUT2D eigenvalue weighted by Crippen LogP contribution is 2.51. The Morgan fingerprint density at radius 3 is 2.58 bits per heavy atom. The van der Waals surface area contributed by atoms with Crippen molar-refractivity contribution in [3.63, 3.8) is 0 Å². The van der Waals surface area contributed by atoms with E-state index in [9.17, 15) is 4.79 Å². The van der Waals surface area contributed by atoms with Crippen LogP contribution < -0.4 is 5.32 Å². The molecule has 1 N–H and O–H groups in total. The summed E-state index contributed by atoms with van der Waals surface area (Å²) < 4.78 is 7.06. The summed E-state index contributed by atoms with van der Waals surface area (Å²) in [4.78, 5) is 16.7. The predicted octanol–water partition coefficient (Wildman–Crippen LogP) is 7.32. The number of nitrogens with one attached hydrogen (secondary N) is 1. The van der Waals surface area contributed by atoms with Crippen molar-refractivity contribution in [3.8, 4) is 0 Å². The SMILES string of the molecule is C/C(=C\C=C\[C@@H]1[C@H]2[C@H](C)[C@@H](O[Si](C)(C)C(C)(C)C)[C@H](C)C[C@@H]2C=C[C@@H]1C)C(=O)NCc1cccnc1. The first-order valence-corrected chi connectivity index (χ1v) is 16.6. The molecule has 1 aromatic heterocycles. The third-order valence-electron chi connectivity index (χ3n) is 8.99. The zero-order chi connectivity index (χ0) is 26.7. The van der Waals surface area contributed by atoms with Crippen LogP contribution in [0.25, 0.3) is 0 Å².